The maximum absolute atomic E-state index is 12.5. The first-order valence-corrected chi connectivity index (χ1v) is 8.51. The summed E-state index contributed by atoms with van der Waals surface area (Å²) in [6, 6.07) is 8.02. The zero-order chi connectivity index (χ0) is 17.2. The molecule has 2 aliphatic carbocycles. The summed E-state index contributed by atoms with van der Waals surface area (Å²) >= 11 is 0. The summed E-state index contributed by atoms with van der Waals surface area (Å²) in [7, 11) is 1.73. The molecule has 0 saturated heterocycles. The van der Waals surface area contributed by atoms with E-state index in [2.05, 4.69) is 17.4 Å². The number of rotatable bonds is 6. The molecule has 2 saturated carbocycles. The molecule has 0 radical (unpaired) electrons. The molecule has 0 aromatic heterocycles. The molecule has 0 unspecified atom stereocenters. The van der Waals surface area contributed by atoms with Crippen molar-refractivity contribution in [2.75, 3.05) is 20.2 Å². The minimum Gasteiger partial charge on any atom is -0.489 e. The van der Waals surface area contributed by atoms with Crippen molar-refractivity contribution in [3.05, 3.63) is 41.7 Å². The minimum absolute atomic E-state index is 0. The van der Waals surface area contributed by atoms with Crippen LogP contribution in [0.4, 0.5) is 4.39 Å². The van der Waals surface area contributed by atoms with E-state index in [1.54, 1.807) is 7.05 Å². The highest BCUT2D eigenvalue weighted by molar-refractivity contribution is 5.85. The highest BCUT2D eigenvalue weighted by Crippen LogP contribution is 2.62. The van der Waals surface area contributed by atoms with Gasteiger partial charge in [-0.15, -0.1) is 12.4 Å². The van der Waals surface area contributed by atoms with Gasteiger partial charge in [0.05, 0.1) is 11.7 Å². The number of carbonyl (C=O) groups is 1. The monoisotopic (exact) mass is 368 g/mol. The third kappa shape index (κ3) is 3.53. The van der Waals surface area contributed by atoms with E-state index in [1.807, 2.05) is 12.1 Å². The molecular weight excluding hydrogens is 343 g/mol. The molecule has 3 rings (SSSR count). The Morgan fingerprint density at radius 3 is 2.44 bits per heavy atom. The second-order valence-corrected chi connectivity index (χ2v) is 7.10. The SMILES string of the molecule is CNC(=O)C12CCC(c3ccc(OC/C(=C/F)CN)cc3)(CC1)C2.Cl. The highest BCUT2D eigenvalue weighted by atomic mass is 35.5. The van der Waals surface area contributed by atoms with Crippen molar-refractivity contribution in [2.24, 2.45) is 11.1 Å². The van der Waals surface area contributed by atoms with Crippen LogP contribution >= 0.6 is 12.4 Å². The number of halogens is 2. The van der Waals surface area contributed by atoms with Gasteiger partial charge in [-0.3, -0.25) is 4.79 Å². The molecule has 0 spiro atoms. The first kappa shape index (κ1) is 19.7. The summed E-state index contributed by atoms with van der Waals surface area (Å²) < 4.78 is 18.1. The van der Waals surface area contributed by atoms with Crippen molar-refractivity contribution in [3.8, 4) is 5.75 Å². The molecule has 3 N–H and O–H groups in total. The van der Waals surface area contributed by atoms with Crippen LogP contribution in [0.5, 0.6) is 5.75 Å². The fourth-order valence-electron chi connectivity index (χ4n) is 4.39. The summed E-state index contributed by atoms with van der Waals surface area (Å²) in [5.41, 5.74) is 7.07. The van der Waals surface area contributed by atoms with Crippen LogP contribution in [0.15, 0.2) is 36.2 Å². The molecule has 1 amide bonds. The van der Waals surface area contributed by atoms with Gasteiger partial charge in [0, 0.05) is 19.2 Å². The summed E-state index contributed by atoms with van der Waals surface area (Å²) in [6.45, 7) is 0.316. The van der Waals surface area contributed by atoms with Gasteiger partial charge in [0.2, 0.25) is 5.91 Å². The maximum atomic E-state index is 12.5. The Kier molecular flexibility index (Phi) is 6.12. The lowest BCUT2D eigenvalue weighted by molar-refractivity contribution is -0.130. The number of nitrogens with one attached hydrogen (secondary N) is 1. The Balaban J connectivity index is 0.00000225. The van der Waals surface area contributed by atoms with Crippen molar-refractivity contribution in [2.45, 2.75) is 37.5 Å². The molecule has 2 fully saturated rings. The van der Waals surface area contributed by atoms with Gasteiger partial charge in [-0.1, -0.05) is 12.1 Å². The van der Waals surface area contributed by atoms with Crippen molar-refractivity contribution < 1.29 is 13.9 Å². The molecule has 25 heavy (non-hydrogen) atoms. The predicted molar refractivity (Wildman–Crippen MR) is 98.7 cm³/mol. The molecule has 138 valence electrons. The fourth-order valence-corrected chi connectivity index (χ4v) is 4.39. The molecule has 2 aliphatic rings. The Hall–Kier alpha value is -1.59. The van der Waals surface area contributed by atoms with E-state index in [9.17, 15) is 9.18 Å². The van der Waals surface area contributed by atoms with E-state index in [4.69, 9.17) is 10.5 Å². The van der Waals surface area contributed by atoms with Crippen molar-refractivity contribution >= 4 is 18.3 Å². The van der Waals surface area contributed by atoms with Gasteiger partial charge < -0.3 is 15.8 Å². The van der Waals surface area contributed by atoms with E-state index in [0.29, 0.717) is 17.7 Å². The van der Waals surface area contributed by atoms with Crippen LogP contribution < -0.4 is 15.8 Å². The molecule has 4 nitrogen and oxygen atoms in total. The lowest BCUT2D eigenvalue weighted by Gasteiger charge is -2.27. The molecule has 0 heterocycles. The summed E-state index contributed by atoms with van der Waals surface area (Å²) in [6.07, 6.45) is 5.48. The third-order valence-electron chi connectivity index (χ3n) is 5.86. The average molecular weight is 369 g/mol. The number of benzene rings is 1. The predicted octanol–water partition coefficient (Wildman–Crippen LogP) is 3.25. The van der Waals surface area contributed by atoms with E-state index in [-0.39, 0.29) is 42.3 Å². The van der Waals surface area contributed by atoms with Crippen LogP contribution in [0.25, 0.3) is 0 Å². The van der Waals surface area contributed by atoms with E-state index in [0.717, 1.165) is 32.1 Å². The van der Waals surface area contributed by atoms with Crippen molar-refractivity contribution in [3.63, 3.8) is 0 Å². The van der Waals surface area contributed by atoms with Crippen LogP contribution in [-0.4, -0.2) is 26.1 Å². The summed E-state index contributed by atoms with van der Waals surface area (Å²) in [5, 5.41) is 2.84. The maximum Gasteiger partial charge on any atom is 0.225 e. The van der Waals surface area contributed by atoms with Gasteiger partial charge in [-0.2, -0.15) is 0 Å². The molecule has 0 atom stereocenters. The van der Waals surface area contributed by atoms with Gasteiger partial charge in [-0.25, -0.2) is 4.39 Å². The number of hydrogen-bond acceptors (Lipinski definition) is 3. The molecule has 2 bridgehead atoms. The minimum atomic E-state index is -0.175. The van der Waals surface area contributed by atoms with Gasteiger partial charge in [-0.05, 0) is 55.2 Å². The summed E-state index contributed by atoms with van der Waals surface area (Å²) in [5.74, 6) is 0.894. The largest absolute Gasteiger partial charge is 0.489 e. The van der Waals surface area contributed by atoms with E-state index < -0.39 is 0 Å². The molecule has 6 heteroatoms. The summed E-state index contributed by atoms with van der Waals surface area (Å²) in [4.78, 5) is 12.3. The average Bonchev–Trinajstić information content (AvgIpc) is 3.21. The van der Waals surface area contributed by atoms with Crippen LogP contribution in [-0.2, 0) is 10.2 Å². The van der Waals surface area contributed by atoms with Crippen LogP contribution in [0.3, 0.4) is 0 Å². The zero-order valence-corrected chi connectivity index (χ0v) is 15.3. The number of nitrogens with two attached hydrogens (primary N) is 1. The number of hydrogen-bond donors (Lipinski definition) is 2. The standard InChI is InChI=1S/C19H25FN2O2.ClH/c1-22-17(23)19-8-6-18(13-19,7-9-19)15-2-4-16(5-3-15)24-12-14(10-20)11-21;/h2-5,10H,6-9,11-13,21H2,1H3,(H,22,23);1H/b14-10+;. The van der Waals surface area contributed by atoms with Crippen LogP contribution in [0, 0.1) is 5.41 Å². The van der Waals surface area contributed by atoms with Gasteiger partial charge >= 0.3 is 0 Å². The molecule has 1 aromatic rings. The lowest BCUT2D eigenvalue weighted by Crippen LogP contribution is -2.35. The van der Waals surface area contributed by atoms with E-state index in [1.165, 1.54) is 5.56 Å². The van der Waals surface area contributed by atoms with Gasteiger partial charge in [0.1, 0.15) is 12.4 Å². The van der Waals surface area contributed by atoms with Crippen LogP contribution in [0.2, 0.25) is 0 Å². The topological polar surface area (TPSA) is 64.3 Å². The molecule has 1 aromatic carbocycles. The number of ether oxygens (including phenoxy) is 1. The Bertz CT molecular complexity index is 637. The number of carbonyl (C=O) groups excluding carboxylic acids is 1. The normalized spacial score (nSPS) is 27.7. The Labute approximate surface area is 154 Å². The van der Waals surface area contributed by atoms with Gasteiger partial charge in [0.25, 0.3) is 0 Å². The molecular formula is C19H26ClFN2O2. The third-order valence-corrected chi connectivity index (χ3v) is 5.86. The quantitative estimate of drug-likeness (QED) is 0.810. The number of amides is 1. The Morgan fingerprint density at radius 1 is 1.28 bits per heavy atom. The molecule has 0 aliphatic heterocycles. The van der Waals surface area contributed by atoms with E-state index >= 15 is 0 Å². The van der Waals surface area contributed by atoms with Crippen molar-refractivity contribution in [1.29, 1.82) is 0 Å². The second kappa shape index (κ2) is 7.75. The van der Waals surface area contributed by atoms with Crippen molar-refractivity contribution in [1.82, 2.24) is 5.32 Å². The fraction of sp³-hybridized carbons (Fsp3) is 0.526. The van der Waals surface area contributed by atoms with Crippen LogP contribution in [0.1, 0.15) is 37.7 Å². The zero-order valence-electron chi connectivity index (χ0n) is 14.5. The van der Waals surface area contributed by atoms with Gasteiger partial charge in [0.15, 0.2) is 0 Å². The number of fused-ring (bicyclic) bond motifs is 2. The lowest BCUT2D eigenvalue weighted by atomic mass is 9.77. The Morgan fingerprint density at radius 2 is 1.92 bits per heavy atom. The second-order valence-electron chi connectivity index (χ2n) is 7.10. The smallest absolute Gasteiger partial charge is 0.225 e. The first-order valence-electron chi connectivity index (χ1n) is 8.51. The highest BCUT2D eigenvalue weighted by Gasteiger charge is 2.58. The first-order chi connectivity index (χ1) is 11.6.